The minimum absolute atomic E-state index is 0.709. The molecular formula is C22H19BClNO. The summed E-state index contributed by atoms with van der Waals surface area (Å²) in [5, 5.41) is 0.745. The maximum Gasteiger partial charge on any atom is 0.142 e. The molecule has 1 heterocycles. The number of nitrogens with zero attached hydrogens (tertiary/aromatic N) is 1. The van der Waals surface area contributed by atoms with Gasteiger partial charge in [0.05, 0.1) is 12.2 Å². The van der Waals surface area contributed by atoms with Crippen molar-refractivity contribution in [3.8, 4) is 5.75 Å². The van der Waals surface area contributed by atoms with Gasteiger partial charge in [0, 0.05) is 11.6 Å². The van der Waals surface area contributed by atoms with Gasteiger partial charge in [-0.1, -0.05) is 65.6 Å². The zero-order valence-corrected chi connectivity index (χ0v) is 15.2. The zero-order chi connectivity index (χ0) is 17.9. The predicted molar refractivity (Wildman–Crippen MR) is 109 cm³/mol. The van der Waals surface area contributed by atoms with Gasteiger partial charge in [0.1, 0.15) is 20.2 Å². The highest BCUT2D eigenvalue weighted by Gasteiger charge is 2.19. The van der Waals surface area contributed by atoms with Crippen LogP contribution in [0.15, 0.2) is 66.7 Å². The molecule has 2 nitrogen and oxygen atoms in total. The van der Waals surface area contributed by atoms with Crippen LogP contribution in [-0.4, -0.2) is 21.0 Å². The van der Waals surface area contributed by atoms with Gasteiger partial charge in [-0.25, -0.2) is 0 Å². The first-order valence-corrected chi connectivity index (χ1v) is 9.15. The van der Waals surface area contributed by atoms with E-state index in [0.29, 0.717) is 6.61 Å². The minimum Gasteiger partial charge on any atom is -0.490 e. The molecule has 0 spiro atoms. The third-order valence-electron chi connectivity index (χ3n) is 4.66. The second-order valence-electron chi connectivity index (χ2n) is 6.59. The first-order valence-electron chi connectivity index (χ1n) is 8.77. The van der Waals surface area contributed by atoms with E-state index in [9.17, 15) is 0 Å². The lowest BCUT2D eigenvalue weighted by atomic mass is 9.92. The van der Waals surface area contributed by atoms with Gasteiger partial charge < -0.3 is 9.64 Å². The van der Waals surface area contributed by atoms with Crippen molar-refractivity contribution in [1.29, 1.82) is 0 Å². The van der Waals surface area contributed by atoms with Gasteiger partial charge >= 0.3 is 0 Å². The van der Waals surface area contributed by atoms with E-state index in [2.05, 4.69) is 47.4 Å². The third-order valence-corrected chi connectivity index (χ3v) is 5.03. The summed E-state index contributed by atoms with van der Waals surface area (Å²) in [4.78, 5) is 2.37. The van der Waals surface area contributed by atoms with Crippen molar-refractivity contribution in [3.05, 3.63) is 88.4 Å². The highest BCUT2D eigenvalue weighted by molar-refractivity contribution is 6.34. The third kappa shape index (κ3) is 3.73. The van der Waals surface area contributed by atoms with Crippen LogP contribution in [0.25, 0.3) is 0 Å². The molecule has 0 N–H and O–H groups in total. The van der Waals surface area contributed by atoms with Gasteiger partial charge in [-0.15, -0.1) is 0 Å². The lowest BCUT2D eigenvalue weighted by Crippen LogP contribution is -2.32. The Bertz CT molecular complexity index is 913. The molecule has 2 radical (unpaired) electrons. The molecule has 0 fully saturated rings. The van der Waals surface area contributed by atoms with E-state index >= 15 is 0 Å². The van der Waals surface area contributed by atoms with Gasteiger partial charge in [0.25, 0.3) is 0 Å². The van der Waals surface area contributed by atoms with Gasteiger partial charge in [-0.05, 0) is 41.3 Å². The Hall–Kier alpha value is -2.39. The molecule has 0 unspecified atom stereocenters. The van der Waals surface area contributed by atoms with Crippen LogP contribution in [0.5, 0.6) is 5.75 Å². The lowest BCUT2D eigenvalue weighted by Gasteiger charge is -2.32. The fourth-order valence-electron chi connectivity index (χ4n) is 3.35. The number of ether oxygens (including phenoxy) is 1. The number of fused-ring (bicyclic) bond motifs is 1. The van der Waals surface area contributed by atoms with Crippen LogP contribution in [-0.2, 0) is 13.0 Å². The molecule has 1 aliphatic heterocycles. The SMILES string of the molecule is [B]c1ccc(Cl)c(Cc2ccc3c(c2)N(Cc2ccccc2)CCO3)c1. The Kier molecular flexibility index (Phi) is 4.90. The van der Waals surface area contributed by atoms with Crippen molar-refractivity contribution >= 4 is 30.6 Å². The van der Waals surface area contributed by atoms with Crippen LogP contribution in [0, 0.1) is 0 Å². The molecule has 3 aromatic carbocycles. The summed E-state index contributed by atoms with van der Waals surface area (Å²) >= 11 is 6.33. The number of anilines is 1. The van der Waals surface area contributed by atoms with Crippen molar-refractivity contribution in [2.75, 3.05) is 18.1 Å². The minimum atomic E-state index is 0.709. The molecule has 1 aliphatic rings. The van der Waals surface area contributed by atoms with Crippen molar-refractivity contribution < 1.29 is 4.74 Å². The average Bonchev–Trinajstić information content (AvgIpc) is 2.66. The van der Waals surface area contributed by atoms with E-state index in [1.54, 1.807) is 0 Å². The van der Waals surface area contributed by atoms with Gasteiger partial charge in [0.15, 0.2) is 0 Å². The molecule has 128 valence electrons. The van der Waals surface area contributed by atoms with E-state index in [1.807, 2.05) is 24.3 Å². The molecule has 3 aromatic rings. The van der Waals surface area contributed by atoms with E-state index in [1.165, 1.54) is 11.1 Å². The molecule has 0 saturated heterocycles. The van der Waals surface area contributed by atoms with Crippen LogP contribution in [0.3, 0.4) is 0 Å². The number of halogens is 1. The number of hydrogen-bond acceptors (Lipinski definition) is 2. The summed E-state index contributed by atoms with van der Waals surface area (Å²) < 4.78 is 5.85. The average molecular weight is 360 g/mol. The standard InChI is InChI=1S/C22H19BClNO/c23-19-7-8-20(24)18(14-19)12-17-6-9-22-21(13-17)25(10-11-26-22)15-16-4-2-1-3-5-16/h1-9,13-14H,10-12,15H2. The Morgan fingerprint density at radius 2 is 1.81 bits per heavy atom. The molecule has 4 heteroatoms. The zero-order valence-electron chi connectivity index (χ0n) is 14.5. The fourth-order valence-corrected chi connectivity index (χ4v) is 3.53. The van der Waals surface area contributed by atoms with Crippen molar-refractivity contribution in [2.24, 2.45) is 0 Å². The van der Waals surface area contributed by atoms with E-state index < -0.39 is 0 Å². The van der Waals surface area contributed by atoms with E-state index in [-0.39, 0.29) is 0 Å². The van der Waals surface area contributed by atoms with Crippen molar-refractivity contribution in [3.63, 3.8) is 0 Å². The summed E-state index contributed by atoms with van der Waals surface area (Å²) in [6.45, 7) is 2.46. The molecule has 0 aliphatic carbocycles. The molecule has 0 amide bonds. The Balaban J connectivity index is 1.61. The second-order valence-corrected chi connectivity index (χ2v) is 6.99. The largest absolute Gasteiger partial charge is 0.490 e. The van der Waals surface area contributed by atoms with Crippen LogP contribution in [0.1, 0.15) is 16.7 Å². The predicted octanol–water partition coefficient (Wildman–Crippen LogP) is 4.12. The number of benzene rings is 3. The molecule has 4 rings (SSSR count). The normalized spacial score (nSPS) is 13.2. The van der Waals surface area contributed by atoms with Crippen LogP contribution < -0.4 is 15.1 Å². The summed E-state index contributed by atoms with van der Waals surface area (Å²) in [5.74, 6) is 0.939. The summed E-state index contributed by atoms with van der Waals surface area (Å²) in [5.41, 5.74) is 5.40. The van der Waals surface area contributed by atoms with Crippen LogP contribution in [0.4, 0.5) is 5.69 Å². The highest BCUT2D eigenvalue weighted by atomic mass is 35.5. The van der Waals surface area contributed by atoms with Gasteiger partial charge in [-0.2, -0.15) is 0 Å². The maximum absolute atomic E-state index is 6.33. The molecule has 26 heavy (non-hydrogen) atoms. The monoisotopic (exact) mass is 359 g/mol. The summed E-state index contributed by atoms with van der Waals surface area (Å²) in [6, 6.07) is 22.5. The number of rotatable bonds is 4. The second kappa shape index (κ2) is 7.47. The first-order chi connectivity index (χ1) is 12.7. The molecule has 0 aromatic heterocycles. The van der Waals surface area contributed by atoms with Gasteiger partial charge in [-0.3, -0.25) is 0 Å². The van der Waals surface area contributed by atoms with Crippen LogP contribution in [0.2, 0.25) is 5.02 Å². The topological polar surface area (TPSA) is 12.5 Å². The summed E-state index contributed by atoms with van der Waals surface area (Å²) in [7, 11) is 5.91. The summed E-state index contributed by atoms with van der Waals surface area (Å²) in [6.07, 6.45) is 0.746. The van der Waals surface area contributed by atoms with Crippen molar-refractivity contribution in [2.45, 2.75) is 13.0 Å². The van der Waals surface area contributed by atoms with E-state index in [0.717, 1.165) is 47.0 Å². The quantitative estimate of drug-likeness (QED) is 0.650. The Morgan fingerprint density at radius 1 is 0.962 bits per heavy atom. The smallest absolute Gasteiger partial charge is 0.142 e. The molecule has 0 atom stereocenters. The lowest BCUT2D eigenvalue weighted by molar-refractivity contribution is 0.307. The van der Waals surface area contributed by atoms with Crippen molar-refractivity contribution in [1.82, 2.24) is 0 Å². The maximum atomic E-state index is 6.33. The molecule has 0 saturated carbocycles. The molecular weight excluding hydrogens is 341 g/mol. The Morgan fingerprint density at radius 3 is 2.65 bits per heavy atom. The Labute approximate surface area is 160 Å². The molecule has 0 bridgehead atoms. The van der Waals surface area contributed by atoms with Crippen LogP contribution >= 0.6 is 11.6 Å². The van der Waals surface area contributed by atoms with E-state index in [4.69, 9.17) is 24.2 Å². The first kappa shape index (κ1) is 17.1. The number of hydrogen-bond donors (Lipinski definition) is 0. The fraction of sp³-hybridized carbons (Fsp3) is 0.182. The highest BCUT2D eigenvalue weighted by Crippen LogP contribution is 2.34. The van der Waals surface area contributed by atoms with Gasteiger partial charge in [0.2, 0.25) is 0 Å².